The molecule has 0 saturated carbocycles. The molecule has 0 heterocycles. The van der Waals surface area contributed by atoms with Crippen LogP contribution in [0.4, 0.5) is 9.59 Å². The largest absolute Gasteiger partial charge is 0.458 e. The van der Waals surface area contributed by atoms with Gasteiger partial charge in [0.25, 0.3) is 0 Å². The first-order chi connectivity index (χ1) is 12.5. The molecule has 0 aliphatic carbocycles. The summed E-state index contributed by atoms with van der Waals surface area (Å²) in [5, 5.41) is 0. The van der Waals surface area contributed by atoms with E-state index in [1.54, 1.807) is 62.3 Å². The molecule has 0 unspecified atom stereocenters. The van der Waals surface area contributed by atoms with Crippen molar-refractivity contribution in [3.63, 3.8) is 0 Å². The fourth-order valence-electron chi connectivity index (χ4n) is 2.16. The van der Waals surface area contributed by atoms with Crippen molar-refractivity contribution in [3.8, 4) is 0 Å². The van der Waals surface area contributed by atoms with Gasteiger partial charge in [-0.05, 0) is 88.1 Å². The molecule has 8 nitrogen and oxygen atoms in total. The molecular weight excluding hydrogens is 365 g/mol. The van der Waals surface area contributed by atoms with Crippen LogP contribution in [0.1, 0.15) is 81.6 Å². The molecule has 164 valence electrons. The third kappa shape index (κ3) is 11.1. The van der Waals surface area contributed by atoms with Crippen LogP contribution in [0.2, 0.25) is 0 Å². The maximum Gasteiger partial charge on any atom is 0.420 e. The molecule has 0 rings (SSSR count). The Morgan fingerprint density at radius 3 is 1.46 bits per heavy atom. The zero-order valence-electron chi connectivity index (χ0n) is 18.9. The Hall–Kier alpha value is -1.83. The first-order valence-electron chi connectivity index (χ1n) is 9.65. The normalized spacial score (nSPS) is 13.5. The zero-order valence-corrected chi connectivity index (χ0v) is 18.9. The number of amides is 2. The Bertz CT molecular complexity index is 512. The summed E-state index contributed by atoms with van der Waals surface area (Å²) in [4.78, 5) is 39.1. The lowest BCUT2D eigenvalue weighted by molar-refractivity contribution is -0.161. The zero-order chi connectivity index (χ0) is 22.3. The quantitative estimate of drug-likeness (QED) is 0.309. The number of hydrogen-bond acceptors (Lipinski definition) is 7. The van der Waals surface area contributed by atoms with E-state index in [1.807, 2.05) is 0 Å². The number of ether oxygens (including phenoxy) is 3. The molecule has 8 heteroatoms. The van der Waals surface area contributed by atoms with Crippen molar-refractivity contribution in [1.82, 2.24) is 4.90 Å². The van der Waals surface area contributed by atoms with E-state index in [-0.39, 0.29) is 6.42 Å². The van der Waals surface area contributed by atoms with Crippen molar-refractivity contribution in [2.45, 2.75) is 104 Å². The van der Waals surface area contributed by atoms with Gasteiger partial charge in [0.15, 0.2) is 0 Å². The first kappa shape index (κ1) is 26.2. The number of rotatable bonds is 6. The average Bonchev–Trinajstić information content (AvgIpc) is 2.40. The molecule has 0 bridgehead atoms. The van der Waals surface area contributed by atoms with Gasteiger partial charge >= 0.3 is 18.2 Å². The Morgan fingerprint density at radius 1 is 0.750 bits per heavy atom. The van der Waals surface area contributed by atoms with Crippen LogP contribution in [0.25, 0.3) is 0 Å². The second kappa shape index (κ2) is 10.1. The van der Waals surface area contributed by atoms with Crippen LogP contribution >= 0.6 is 0 Å². The summed E-state index contributed by atoms with van der Waals surface area (Å²) in [6, 6.07) is -1.17. The summed E-state index contributed by atoms with van der Waals surface area (Å²) in [6.45, 7) is 15.6. The van der Waals surface area contributed by atoms with Crippen LogP contribution in [0, 0.1) is 0 Å². The van der Waals surface area contributed by atoms with Crippen molar-refractivity contribution in [2.75, 3.05) is 6.54 Å². The van der Waals surface area contributed by atoms with Crippen molar-refractivity contribution in [1.29, 1.82) is 0 Å². The van der Waals surface area contributed by atoms with E-state index < -0.39 is 41.0 Å². The molecule has 0 aromatic rings. The van der Waals surface area contributed by atoms with Gasteiger partial charge in [-0.2, -0.15) is 4.90 Å². The number of nitrogens with two attached hydrogens (primary N) is 1. The standard InChI is InChI=1S/C20H38N2O6/c1-18(2,3)26-15(23)14(12-10-11-13-21)22(16(24)27-19(4,5)6)17(25)28-20(7,8)9/h14H,10-13,21H2,1-9H3/t14-/m0/s1/i21+1. The van der Waals surface area contributed by atoms with Gasteiger partial charge in [-0.3, -0.25) is 0 Å². The monoisotopic (exact) mass is 403 g/mol. The average molecular weight is 404 g/mol. The third-order valence-electron chi connectivity index (χ3n) is 3.10. The number of nitrogens with zero attached hydrogens (tertiary/aromatic N) is 1. The lowest BCUT2D eigenvalue weighted by Gasteiger charge is -2.33. The van der Waals surface area contributed by atoms with E-state index in [0.717, 1.165) is 4.90 Å². The van der Waals surface area contributed by atoms with E-state index in [4.69, 9.17) is 19.9 Å². The number of carbonyl (C=O) groups is 3. The summed E-state index contributed by atoms with van der Waals surface area (Å²) < 4.78 is 16.2. The second-order valence-electron chi connectivity index (χ2n) is 9.66. The maximum atomic E-state index is 12.8. The lowest BCUT2D eigenvalue weighted by Crippen LogP contribution is -2.53. The number of carbonyl (C=O) groups excluding carboxylic acids is 3. The predicted molar refractivity (Wildman–Crippen MR) is 107 cm³/mol. The first-order valence-corrected chi connectivity index (χ1v) is 9.65. The van der Waals surface area contributed by atoms with Gasteiger partial charge in [-0.15, -0.1) is 0 Å². The fraction of sp³-hybridized carbons (Fsp3) is 0.850. The minimum absolute atomic E-state index is 0.199. The highest BCUT2D eigenvalue weighted by atomic mass is 16.6. The van der Waals surface area contributed by atoms with E-state index in [2.05, 4.69) is 0 Å². The third-order valence-corrected chi connectivity index (χ3v) is 3.10. The molecule has 0 radical (unpaired) electrons. The van der Waals surface area contributed by atoms with Crippen molar-refractivity contribution in [3.05, 3.63) is 0 Å². The molecule has 2 amide bonds. The molecule has 0 fully saturated rings. The molecule has 0 aliphatic heterocycles. The molecule has 0 saturated heterocycles. The highest BCUT2D eigenvalue weighted by molar-refractivity contribution is 5.94. The minimum atomic E-state index is -1.17. The predicted octanol–water partition coefficient (Wildman–Crippen LogP) is 4.00. The number of hydrogen-bond donors (Lipinski definition) is 1. The summed E-state index contributed by atoms with van der Waals surface area (Å²) in [5.41, 5.74) is 3.05. The van der Waals surface area contributed by atoms with Gasteiger partial charge in [0.1, 0.15) is 22.8 Å². The number of esters is 1. The number of imide groups is 1. The van der Waals surface area contributed by atoms with Gasteiger partial charge in [-0.25, -0.2) is 14.4 Å². The van der Waals surface area contributed by atoms with Crippen molar-refractivity contribution >= 4 is 18.2 Å². The number of unbranched alkanes of at least 4 members (excludes halogenated alkanes) is 1. The van der Waals surface area contributed by atoms with Gasteiger partial charge < -0.3 is 19.9 Å². The van der Waals surface area contributed by atoms with Crippen LogP contribution in [-0.2, 0) is 19.0 Å². The summed E-state index contributed by atoms with van der Waals surface area (Å²) >= 11 is 0. The topological polar surface area (TPSA) is 108 Å². The van der Waals surface area contributed by atoms with Crippen LogP contribution in [0.3, 0.4) is 0 Å². The Kier molecular flexibility index (Phi) is 9.43. The van der Waals surface area contributed by atoms with Crippen molar-refractivity contribution in [2.24, 2.45) is 5.73 Å². The lowest BCUT2D eigenvalue weighted by atomic mass is 10.1. The van der Waals surface area contributed by atoms with E-state index >= 15 is 0 Å². The summed E-state index contributed by atoms with van der Waals surface area (Å²) in [7, 11) is 0. The van der Waals surface area contributed by atoms with E-state index in [1.165, 1.54) is 0 Å². The molecular formula is C20H38N2O6. The van der Waals surface area contributed by atoms with Crippen molar-refractivity contribution < 1.29 is 28.6 Å². The molecule has 0 aromatic carbocycles. The Labute approximate surface area is 169 Å². The highest BCUT2D eigenvalue weighted by Gasteiger charge is 2.41. The summed E-state index contributed by atoms with van der Waals surface area (Å²) in [6.07, 6.45) is -0.543. The van der Waals surface area contributed by atoms with Crippen LogP contribution in [-0.4, -0.2) is 52.4 Å². The Balaban J connectivity index is 5.92. The molecule has 0 spiro atoms. The molecule has 28 heavy (non-hydrogen) atoms. The molecule has 0 aromatic heterocycles. The van der Waals surface area contributed by atoms with Gasteiger partial charge in [0.2, 0.25) is 0 Å². The van der Waals surface area contributed by atoms with Crippen LogP contribution in [0.15, 0.2) is 0 Å². The van der Waals surface area contributed by atoms with Crippen LogP contribution < -0.4 is 5.73 Å². The second-order valence-corrected chi connectivity index (χ2v) is 9.66. The SMILES string of the molecule is CC(C)(C)OC(=O)[C@H](CCCC[15NH2])N(C(=O)OC(C)(C)C)C(=O)OC(C)(C)C. The van der Waals surface area contributed by atoms with E-state index in [9.17, 15) is 14.4 Å². The van der Waals surface area contributed by atoms with Crippen LogP contribution in [0.5, 0.6) is 0 Å². The smallest absolute Gasteiger partial charge is 0.420 e. The van der Waals surface area contributed by atoms with Gasteiger partial charge in [0, 0.05) is 0 Å². The minimum Gasteiger partial charge on any atom is -0.458 e. The molecule has 0 aliphatic rings. The van der Waals surface area contributed by atoms with Gasteiger partial charge in [0.05, 0.1) is 0 Å². The van der Waals surface area contributed by atoms with Gasteiger partial charge in [-0.1, -0.05) is 0 Å². The fourth-order valence-corrected chi connectivity index (χ4v) is 2.16. The Morgan fingerprint density at radius 2 is 1.14 bits per heavy atom. The molecule has 1 atom stereocenters. The maximum absolute atomic E-state index is 12.8. The van der Waals surface area contributed by atoms with E-state index in [0.29, 0.717) is 19.4 Å². The summed E-state index contributed by atoms with van der Waals surface area (Å²) in [5.74, 6) is -0.693. The highest BCUT2D eigenvalue weighted by Crippen LogP contribution is 2.22. The molecule has 2 N–H and O–H groups in total.